The third-order valence-electron chi connectivity index (χ3n) is 7.33. The van der Waals surface area contributed by atoms with Crippen molar-refractivity contribution in [3.63, 3.8) is 0 Å². The van der Waals surface area contributed by atoms with Crippen LogP contribution in [0.15, 0.2) is 41.2 Å². The Morgan fingerprint density at radius 3 is 2.69 bits per heavy atom. The number of carbonyl (C=O) groups is 1. The van der Waals surface area contributed by atoms with Crippen LogP contribution in [0.1, 0.15) is 46.5 Å². The van der Waals surface area contributed by atoms with E-state index >= 15 is 0 Å². The van der Waals surface area contributed by atoms with Crippen molar-refractivity contribution in [2.75, 3.05) is 13.7 Å². The highest BCUT2D eigenvalue weighted by Gasteiger charge is 2.28. The Morgan fingerprint density at radius 2 is 1.95 bits per heavy atom. The third kappa shape index (κ3) is 4.19. The second kappa shape index (κ2) is 9.57. The van der Waals surface area contributed by atoms with Crippen LogP contribution in [0.4, 0.5) is 0 Å². The van der Waals surface area contributed by atoms with Gasteiger partial charge in [-0.2, -0.15) is 10.2 Å². The van der Waals surface area contributed by atoms with E-state index in [0.29, 0.717) is 35.6 Å². The molecule has 1 aliphatic heterocycles. The van der Waals surface area contributed by atoms with Gasteiger partial charge in [0, 0.05) is 36.8 Å². The van der Waals surface area contributed by atoms with Crippen LogP contribution in [0.2, 0.25) is 0 Å². The van der Waals surface area contributed by atoms with Crippen molar-refractivity contribution in [2.45, 2.75) is 46.7 Å². The van der Waals surface area contributed by atoms with Gasteiger partial charge in [-0.1, -0.05) is 6.92 Å². The van der Waals surface area contributed by atoms with Gasteiger partial charge < -0.3 is 9.64 Å². The molecule has 6 rings (SSSR count). The lowest BCUT2D eigenvalue weighted by Crippen LogP contribution is -2.40. The van der Waals surface area contributed by atoms with Crippen molar-refractivity contribution in [3.05, 3.63) is 75.1 Å². The number of H-pyrrole nitrogens is 2. The first-order valence-electron chi connectivity index (χ1n) is 13.0. The largest absolute Gasteiger partial charge is 0.497 e. The maximum absolute atomic E-state index is 13.4. The Bertz CT molecular complexity index is 1760. The molecule has 0 fully saturated rings. The average molecular weight is 527 g/mol. The van der Waals surface area contributed by atoms with Crippen LogP contribution in [0.25, 0.3) is 28.2 Å². The topological polar surface area (TPSA) is 126 Å². The molecule has 0 saturated heterocycles. The molecule has 0 atom stereocenters. The molecule has 39 heavy (non-hydrogen) atoms. The Morgan fingerprint density at radius 1 is 1.15 bits per heavy atom. The van der Waals surface area contributed by atoms with Crippen molar-refractivity contribution in [3.8, 4) is 28.3 Å². The van der Waals surface area contributed by atoms with Crippen LogP contribution in [0.3, 0.4) is 0 Å². The summed E-state index contributed by atoms with van der Waals surface area (Å²) in [6.45, 7) is 7.56. The maximum Gasteiger partial charge on any atom is 0.277 e. The molecule has 5 heterocycles. The zero-order chi connectivity index (χ0) is 27.3. The Balaban J connectivity index is 1.27. The normalized spacial score (nSPS) is 13.2. The summed E-state index contributed by atoms with van der Waals surface area (Å²) in [4.78, 5) is 33.3. The van der Waals surface area contributed by atoms with Crippen molar-refractivity contribution in [2.24, 2.45) is 0 Å². The fraction of sp³-hybridized carbons (Fsp3) is 0.321. The van der Waals surface area contributed by atoms with E-state index in [2.05, 4.69) is 27.3 Å². The quantitative estimate of drug-likeness (QED) is 0.349. The standard InChI is InChI=1S/C28H30N8O3/c1-5-11-35-17(3)26(16(2)32-35)23-13-24(31-30-23)28(38)34-12-10-21-20(15-34)27(37)36-25(29-21)14-22(33-36)18-6-8-19(39-4)9-7-18/h6-9,13-14,33H,5,10-12,15H2,1-4H3,(H,30,31). The van der Waals surface area contributed by atoms with Gasteiger partial charge in [0.25, 0.3) is 11.5 Å². The number of methoxy groups -OCH3 is 1. The minimum Gasteiger partial charge on any atom is -0.497 e. The average Bonchev–Trinajstić information content (AvgIpc) is 3.66. The van der Waals surface area contributed by atoms with E-state index in [-0.39, 0.29) is 18.0 Å². The number of rotatable bonds is 6. The molecule has 0 radical (unpaired) electrons. The lowest BCUT2D eigenvalue weighted by molar-refractivity contribution is 0.0726. The van der Waals surface area contributed by atoms with Crippen LogP contribution in [0.5, 0.6) is 5.75 Å². The zero-order valence-electron chi connectivity index (χ0n) is 22.4. The van der Waals surface area contributed by atoms with Crippen LogP contribution in [0, 0.1) is 13.8 Å². The van der Waals surface area contributed by atoms with E-state index in [1.807, 2.05) is 48.9 Å². The van der Waals surface area contributed by atoms with Gasteiger partial charge in [-0.05, 0) is 56.2 Å². The molecule has 0 aliphatic carbocycles. The second-order valence-corrected chi connectivity index (χ2v) is 9.85. The third-order valence-corrected chi connectivity index (χ3v) is 7.33. The molecule has 200 valence electrons. The van der Waals surface area contributed by atoms with E-state index < -0.39 is 0 Å². The highest BCUT2D eigenvalue weighted by atomic mass is 16.5. The van der Waals surface area contributed by atoms with Crippen LogP contribution in [-0.4, -0.2) is 59.0 Å². The molecule has 11 nitrogen and oxygen atoms in total. The molecular weight excluding hydrogens is 496 g/mol. The molecule has 1 aliphatic rings. The number of aromatic nitrogens is 7. The molecule has 0 saturated carbocycles. The van der Waals surface area contributed by atoms with Crippen molar-refractivity contribution in [1.82, 2.24) is 39.5 Å². The fourth-order valence-electron chi connectivity index (χ4n) is 5.30. The molecule has 1 amide bonds. The summed E-state index contributed by atoms with van der Waals surface area (Å²) < 4.78 is 8.66. The van der Waals surface area contributed by atoms with Gasteiger partial charge in [0.2, 0.25) is 0 Å². The first-order valence-corrected chi connectivity index (χ1v) is 13.0. The zero-order valence-corrected chi connectivity index (χ0v) is 22.4. The molecule has 0 unspecified atom stereocenters. The lowest BCUT2D eigenvalue weighted by atomic mass is 10.1. The van der Waals surface area contributed by atoms with Gasteiger partial charge in [-0.15, -0.1) is 0 Å². The van der Waals surface area contributed by atoms with Crippen LogP contribution >= 0.6 is 0 Å². The highest BCUT2D eigenvalue weighted by molar-refractivity contribution is 5.93. The first-order chi connectivity index (χ1) is 18.9. The Kier molecular flexibility index (Phi) is 6.05. The SMILES string of the molecule is CCCn1nc(C)c(-c2cc(C(=O)N3CCc4nc5cc(-c6ccc(OC)cc6)[nH]n5c(=O)c4C3)[nH]n2)c1C. The summed E-state index contributed by atoms with van der Waals surface area (Å²) in [5.41, 5.74) is 7.19. The van der Waals surface area contributed by atoms with Gasteiger partial charge in [0.15, 0.2) is 5.65 Å². The van der Waals surface area contributed by atoms with Gasteiger partial charge in [0.05, 0.1) is 42.0 Å². The molecule has 4 aromatic heterocycles. The highest BCUT2D eigenvalue weighted by Crippen LogP contribution is 2.27. The lowest BCUT2D eigenvalue weighted by Gasteiger charge is -2.27. The summed E-state index contributed by atoms with van der Waals surface area (Å²) >= 11 is 0. The summed E-state index contributed by atoms with van der Waals surface area (Å²) in [5, 5.41) is 15.1. The number of aromatic amines is 2. The number of fused-ring (bicyclic) bond motifs is 2. The number of aryl methyl sites for hydroxylation is 2. The molecule has 0 bridgehead atoms. The Labute approximate surface area is 224 Å². The van der Waals surface area contributed by atoms with Gasteiger partial charge in [-0.25, -0.2) is 9.50 Å². The smallest absolute Gasteiger partial charge is 0.277 e. The number of hydrogen-bond acceptors (Lipinski definition) is 6. The minimum absolute atomic E-state index is 0.181. The second-order valence-electron chi connectivity index (χ2n) is 9.85. The number of carbonyl (C=O) groups excluding carboxylic acids is 1. The molecular formula is C28H30N8O3. The summed E-state index contributed by atoms with van der Waals surface area (Å²) in [7, 11) is 1.62. The molecule has 11 heteroatoms. The van der Waals surface area contributed by atoms with Crippen LogP contribution < -0.4 is 10.3 Å². The summed E-state index contributed by atoms with van der Waals surface area (Å²) in [5.74, 6) is 0.553. The summed E-state index contributed by atoms with van der Waals surface area (Å²) in [6.07, 6.45) is 1.48. The van der Waals surface area contributed by atoms with E-state index in [0.717, 1.165) is 52.6 Å². The van der Waals surface area contributed by atoms with Crippen molar-refractivity contribution >= 4 is 11.6 Å². The fourth-order valence-corrected chi connectivity index (χ4v) is 5.30. The molecule has 2 N–H and O–H groups in total. The van der Waals surface area contributed by atoms with Crippen molar-refractivity contribution < 1.29 is 9.53 Å². The van der Waals surface area contributed by atoms with E-state index in [1.165, 1.54) is 4.52 Å². The van der Waals surface area contributed by atoms with Crippen molar-refractivity contribution in [1.29, 1.82) is 0 Å². The van der Waals surface area contributed by atoms with Crippen LogP contribution in [-0.2, 0) is 19.5 Å². The van der Waals surface area contributed by atoms with E-state index in [9.17, 15) is 9.59 Å². The predicted octanol–water partition coefficient (Wildman–Crippen LogP) is 3.51. The van der Waals surface area contributed by atoms with Gasteiger partial charge >= 0.3 is 0 Å². The molecule has 1 aromatic carbocycles. The van der Waals surface area contributed by atoms with E-state index in [1.54, 1.807) is 18.1 Å². The molecule has 0 spiro atoms. The Hall–Kier alpha value is -4.67. The number of nitrogens with zero attached hydrogens (tertiary/aromatic N) is 6. The minimum atomic E-state index is -0.203. The number of hydrogen-bond donors (Lipinski definition) is 2. The molecule has 5 aromatic rings. The summed E-state index contributed by atoms with van der Waals surface area (Å²) in [6, 6.07) is 11.2. The number of nitrogens with one attached hydrogen (secondary N) is 2. The number of ether oxygens (including phenoxy) is 1. The van der Waals surface area contributed by atoms with Gasteiger partial charge in [0.1, 0.15) is 11.4 Å². The monoisotopic (exact) mass is 526 g/mol. The first kappa shape index (κ1) is 24.7. The predicted molar refractivity (Wildman–Crippen MR) is 146 cm³/mol. The van der Waals surface area contributed by atoms with Gasteiger partial charge in [-0.3, -0.25) is 24.5 Å². The van der Waals surface area contributed by atoms with E-state index in [4.69, 9.17) is 9.72 Å². The number of benzene rings is 1. The number of amides is 1. The maximum atomic E-state index is 13.4.